The molecule has 1 amide bonds. The summed E-state index contributed by atoms with van der Waals surface area (Å²) >= 11 is 0. The Morgan fingerprint density at radius 2 is 1.88 bits per heavy atom. The van der Waals surface area contributed by atoms with Crippen LogP contribution in [0, 0.1) is 5.92 Å². The second kappa shape index (κ2) is 4.86. The van der Waals surface area contributed by atoms with E-state index >= 15 is 0 Å². The van der Waals surface area contributed by atoms with Crippen LogP contribution in [-0.2, 0) is 10.3 Å². The fraction of sp³-hybridized carbons (Fsp3) is 0.571. The van der Waals surface area contributed by atoms with E-state index in [4.69, 9.17) is 0 Å². The maximum Gasteiger partial charge on any atom is 0.223 e. The fourth-order valence-corrected chi connectivity index (χ4v) is 2.44. The van der Waals surface area contributed by atoms with Crippen LogP contribution in [0.5, 0.6) is 0 Å². The molecule has 3 heteroatoms. The molecule has 2 rings (SSSR count). The molecule has 1 aromatic rings. The summed E-state index contributed by atoms with van der Waals surface area (Å²) in [5.41, 5.74) is 0.779. The molecule has 0 saturated heterocycles. The summed E-state index contributed by atoms with van der Waals surface area (Å²) in [7, 11) is 0. The first kappa shape index (κ1) is 12.1. The van der Waals surface area contributed by atoms with Crippen molar-refractivity contribution in [2.75, 3.05) is 0 Å². The van der Waals surface area contributed by atoms with Crippen molar-refractivity contribution < 1.29 is 4.79 Å². The molecule has 0 radical (unpaired) electrons. The van der Waals surface area contributed by atoms with E-state index in [1.807, 2.05) is 26.0 Å². The Labute approximate surface area is 103 Å². The van der Waals surface area contributed by atoms with Gasteiger partial charge < -0.3 is 5.32 Å². The second-order valence-electron chi connectivity index (χ2n) is 5.33. The smallest absolute Gasteiger partial charge is 0.223 e. The zero-order valence-electron chi connectivity index (χ0n) is 10.6. The molecule has 3 nitrogen and oxygen atoms in total. The number of nitrogens with zero attached hydrogens (tertiary/aromatic N) is 1. The van der Waals surface area contributed by atoms with Gasteiger partial charge in [-0.15, -0.1) is 0 Å². The lowest BCUT2D eigenvalue weighted by molar-refractivity contribution is -0.126. The Kier molecular flexibility index (Phi) is 3.46. The first-order valence-corrected chi connectivity index (χ1v) is 6.32. The Hall–Kier alpha value is -1.38. The van der Waals surface area contributed by atoms with Gasteiger partial charge in [-0.25, -0.2) is 0 Å². The molecule has 0 aliphatic heterocycles. The Bertz CT molecular complexity index is 380. The van der Waals surface area contributed by atoms with Crippen molar-refractivity contribution in [3.8, 4) is 0 Å². The quantitative estimate of drug-likeness (QED) is 0.870. The third kappa shape index (κ3) is 2.84. The van der Waals surface area contributed by atoms with Crippen molar-refractivity contribution in [1.82, 2.24) is 10.3 Å². The molecule has 1 aromatic heterocycles. The maximum absolute atomic E-state index is 12.1. The molecule has 0 aromatic carbocycles. The molecule has 1 aliphatic carbocycles. The SMILES string of the molecule is CC(C)(NC(=O)C1CCCC1)c1ccncc1. The number of rotatable bonds is 3. The number of nitrogens with one attached hydrogen (secondary N) is 1. The largest absolute Gasteiger partial charge is 0.347 e. The van der Waals surface area contributed by atoms with Crippen LogP contribution in [0.25, 0.3) is 0 Å². The standard InChI is InChI=1S/C14H20N2O/c1-14(2,12-7-9-15-10-8-12)16-13(17)11-5-3-4-6-11/h7-11H,3-6H2,1-2H3,(H,16,17). The van der Waals surface area contributed by atoms with Gasteiger partial charge in [0.1, 0.15) is 0 Å². The molecule has 1 fully saturated rings. The lowest BCUT2D eigenvalue weighted by Gasteiger charge is -2.28. The van der Waals surface area contributed by atoms with Gasteiger partial charge in [-0.05, 0) is 44.4 Å². The predicted octanol–water partition coefficient (Wildman–Crippen LogP) is 2.62. The van der Waals surface area contributed by atoms with Crippen molar-refractivity contribution >= 4 is 5.91 Å². The van der Waals surface area contributed by atoms with Crippen LogP contribution in [0.3, 0.4) is 0 Å². The van der Waals surface area contributed by atoms with Crippen molar-refractivity contribution in [3.63, 3.8) is 0 Å². The molecular formula is C14H20N2O. The van der Waals surface area contributed by atoms with Gasteiger partial charge in [0.25, 0.3) is 0 Å². The Morgan fingerprint density at radius 1 is 1.29 bits per heavy atom. The van der Waals surface area contributed by atoms with Gasteiger partial charge in [0.15, 0.2) is 0 Å². The molecule has 0 spiro atoms. The summed E-state index contributed by atoms with van der Waals surface area (Å²) in [6.45, 7) is 4.07. The van der Waals surface area contributed by atoms with Crippen molar-refractivity contribution in [2.45, 2.75) is 45.1 Å². The molecule has 1 saturated carbocycles. The van der Waals surface area contributed by atoms with Gasteiger partial charge in [0, 0.05) is 18.3 Å². The number of aromatic nitrogens is 1. The van der Waals surface area contributed by atoms with Crippen LogP contribution in [0.2, 0.25) is 0 Å². The minimum atomic E-state index is -0.317. The highest BCUT2D eigenvalue weighted by Crippen LogP contribution is 2.27. The van der Waals surface area contributed by atoms with Crippen LogP contribution >= 0.6 is 0 Å². The highest BCUT2D eigenvalue weighted by molar-refractivity contribution is 5.79. The Balaban J connectivity index is 2.04. The number of hydrogen-bond donors (Lipinski definition) is 1. The summed E-state index contributed by atoms with van der Waals surface area (Å²) in [5.74, 6) is 0.417. The monoisotopic (exact) mass is 232 g/mol. The maximum atomic E-state index is 12.1. The Morgan fingerprint density at radius 3 is 2.47 bits per heavy atom. The topological polar surface area (TPSA) is 42.0 Å². The molecule has 1 heterocycles. The highest BCUT2D eigenvalue weighted by atomic mass is 16.2. The normalized spacial score (nSPS) is 17.1. The van der Waals surface area contributed by atoms with Gasteiger partial charge in [-0.3, -0.25) is 9.78 Å². The molecule has 17 heavy (non-hydrogen) atoms. The van der Waals surface area contributed by atoms with Gasteiger partial charge in [0.2, 0.25) is 5.91 Å². The van der Waals surface area contributed by atoms with Gasteiger partial charge >= 0.3 is 0 Å². The predicted molar refractivity (Wildman–Crippen MR) is 67.4 cm³/mol. The van der Waals surface area contributed by atoms with E-state index < -0.39 is 0 Å². The van der Waals surface area contributed by atoms with Crippen molar-refractivity contribution in [3.05, 3.63) is 30.1 Å². The second-order valence-corrected chi connectivity index (χ2v) is 5.33. The van der Waals surface area contributed by atoms with Crippen LogP contribution in [0.15, 0.2) is 24.5 Å². The molecule has 1 N–H and O–H groups in total. The van der Waals surface area contributed by atoms with Crippen molar-refractivity contribution in [2.24, 2.45) is 5.92 Å². The number of carbonyl (C=O) groups excluding carboxylic acids is 1. The molecule has 0 unspecified atom stereocenters. The van der Waals surface area contributed by atoms with Gasteiger partial charge in [-0.2, -0.15) is 0 Å². The fourth-order valence-electron chi connectivity index (χ4n) is 2.44. The van der Waals surface area contributed by atoms with Crippen LogP contribution in [0.4, 0.5) is 0 Å². The summed E-state index contributed by atoms with van der Waals surface area (Å²) in [6, 6.07) is 3.91. The van der Waals surface area contributed by atoms with E-state index in [-0.39, 0.29) is 17.4 Å². The highest BCUT2D eigenvalue weighted by Gasteiger charge is 2.28. The average molecular weight is 232 g/mol. The zero-order valence-corrected chi connectivity index (χ0v) is 10.6. The van der Waals surface area contributed by atoms with E-state index in [0.717, 1.165) is 18.4 Å². The lowest BCUT2D eigenvalue weighted by atomic mass is 9.94. The van der Waals surface area contributed by atoms with E-state index in [1.54, 1.807) is 12.4 Å². The van der Waals surface area contributed by atoms with E-state index in [2.05, 4.69) is 10.3 Å². The average Bonchev–Trinajstić information content (AvgIpc) is 2.83. The van der Waals surface area contributed by atoms with Crippen LogP contribution < -0.4 is 5.32 Å². The first-order valence-electron chi connectivity index (χ1n) is 6.32. The number of hydrogen-bond acceptors (Lipinski definition) is 2. The van der Waals surface area contributed by atoms with Gasteiger partial charge in [-0.1, -0.05) is 12.8 Å². The number of amides is 1. The first-order chi connectivity index (χ1) is 8.09. The summed E-state index contributed by atoms with van der Waals surface area (Å²) in [5, 5.41) is 3.15. The van der Waals surface area contributed by atoms with E-state index in [9.17, 15) is 4.79 Å². The number of pyridine rings is 1. The lowest BCUT2D eigenvalue weighted by Crippen LogP contribution is -2.43. The summed E-state index contributed by atoms with van der Waals surface area (Å²) in [4.78, 5) is 16.1. The third-order valence-corrected chi connectivity index (χ3v) is 3.56. The zero-order chi connectivity index (χ0) is 12.3. The molecule has 1 aliphatic rings. The van der Waals surface area contributed by atoms with Crippen LogP contribution in [-0.4, -0.2) is 10.9 Å². The summed E-state index contributed by atoms with van der Waals surface area (Å²) < 4.78 is 0. The minimum Gasteiger partial charge on any atom is -0.347 e. The van der Waals surface area contributed by atoms with E-state index in [1.165, 1.54) is 12.8 Å². The number of carbonyl (C=O) groups is 1. The third-order valence-electron chi connectivity index (χ3n) is 3.56. The molecular weight excluding hydrogens is 212 g/mol. The van der Waals surface area contributed by atoms with Crippen molar-refractivity contribution in [1.29, 1.82) is 0 Å². The van der Waals surface area contributed by atoms with Gasteiger partial charge in [0.05, 0.1) is 5.54 Å². The minimum absolute atomic E-state index is 0.198. The molecule has 0 bridgehead atoms. The van der Waals surface area contributed by atoms with E-state index in [0.29, 0.717) is 0 Å². The van der Waals surface area contributed by atoms with Crippen LogP contribution in [0.1, 0.15) is 45.1 Å². The molecule has 92 valence electrons. The summed E-state index contributed by atoms with van der Waals surface area (Å²) in [6.07, 6.45) is 7.98. The molecule has 0 atom stereocenters.